The molecule has 3 N–H and O–H groups in total. The number of hydrogen-bond acceptors (Lipinski definition) is 3. The summed E-state index contributed by atoms with van der Waals surface area (Å²) in [5, 5.41) is 9.62. The molecule has 0 aliphatic rings. The van der Waals surface area contributed by atoms with Crippen LogP contribution in [0, 0.1) is 23.3 Å². The Hall–Kier alpha value is -1.34. The molecule has 1 aromatic rings. The van der Waals surface area contributed by atoms with Crippen LogP contribution in [-0.4, -0.2) is 23.9 Å². The van der Waals surface area contributed by atoms with E-state index < -0.39 is 34.6 Å². The van der Waals surface area contributed by atoms with Crippen molar-refractivity contribution < 1.29 is 27.4 Å². The Kier molecular flexibility index (Phi) is 5.76. The van der Waals surface area contributed by atoms with Gasteiger partial charge in [-0.3, -0.25) is 0 Å². The van der Waals surface area contributed by atoms with Crippen LogP contribution >= 0.6 is 0 Å². The third-order valence-electron chi connectivity index (χ3n) is 2.87. The Balaban J connectivity index is 2.51. The van der Waals surface area contributed by atoms with Crippen molar-refractivity contribution in [1.29, 1.82) is 0 Å². The largest absolute Gasteiger partial charge is 0.487 e. The Morgan fingerprint density at radius 1 is 1.15 bits per heavy atom. The van der Waals surface area contributed by atoms with E-state index in [1.807, 2.05) is 0 Å². The first-order valence-electron chi connectivity index (χ1n) is 6.17. The second-order valence-corrected chi connectivity index (χ2v) is 4.80. The van der Waals surface area contributed by atoms with Crippen LogP contribution in [0.25, 0.3) is 0 Å². The molecule has 3 nitrogen and oxygen atoms in total. The van der Waals surface area contributed by atoms with E-state index in [1.165, 1.54) is 0 Å². The molecule has 1 unspecified atom stereocenters. The number of nitrogens with two attached hydrogens (primary N) is 1. The molecule has 0 heterocycles. The van der Waals surface area contributed by atoms with Crippen LogP contribution in [0.2, 0.25) is 0 Å². The standard InChI is InChI=1S/C13H17F4NO2/c1-13(19,7-18)4-2-3-5-20-12-10(16)8(14)6-9(15)11(12)17/h6,19H,2-5,7,18H2,1H3. The molecule has 0 aliphatic carbocycles. The van der Waals surface area contributed by atoms with Gasteiger partial charge in [0.05, 0.1) is 12.2 Å². The maximum Gasteiger partial charge on any atom is 0.203 e. The zero-order chi connectivity index (χ0) is 15.3. The molecule has 20 heavy (non-hydrogen) atoms. The van der Waals surface area contributed by atoms with Crippen molar-refractivity contribution in [1.82, 2.24) is 0 Å². The van der Waals surface area contributed by atoms with E-state index in [0.717, 1.165) is 0 Å². The molecular weight excluding hydrogens is 278 g/mol. The zero-order valence-corrected chi connectivity index (χ0v) is 11.1. The molecule has 0 amide bonds. The number of hydrogen-bond donors (Lipinski definition) is 2. The molecule has 0 saturated carbocycles. The molecule has 0 fully saturated rings. The average molecular weight is 295 g/mol. The van der Waals surface area contributed by atoms with Gasteiger partial charge >= 0.3 is 0 Å². The quantitative estimate of drug-likeness (QED) is 0.461. The van der Waals surface area contributed by atoms with Crippen molar-refractivity contribution in [3.05, 3.63) is 29.3 Å². The first kappa shape index (κ1) is 16.7. The normalized spacial score (nSPS) is 14.2. The monoisotopic (exact) mass is 295 g/mol. The molecule has 0 bridgehead atoms. The van der Waals surface area contributed by atoms with Gasteiger partial charge in [0.1, 0.15) is 0 Å². The van der Waals surface area contributed by atoms with E-state index in [4.69, 9.17) is 10.5 Å². The minimum Gasteiger partial charge on any atom is -0.487 e. The second-order valence-electron chi connectivity index (χ2n) is 4.80. The van der Waals surface area contributed by atoms with Gasteiger partial charge in [-0.05, 0) is 26.2 Å². The Morgan fingerprint density at radius 3 is 2.20 bits per heavy atom. The van der Waals surface area contributed by atoms with Crippen LogP contribution < -0.4 is 10.5 Å². The van der Waals surface area contributed by atoms with Gasteiger partial charge in [0.25, 0.3) is 0 Å². The van der Waals surface area contributed by atoms with Crippen LogP contribution in [0.5, 0.6) is 5.75 Å². The lowest BCUT2D eigenvalue weighted by Gasteiger charge is -2.20. The van der Waals surface area contributed by atoms with Crippen molar-refractivity contribution in [2.45, 2.75) is 31.8 Å². The molecule has 0 spiro atoms. The highest BCUT2D eigenvalue weighted by atomic mass is 19.2. The lowest BCUT2D eigenvalue weighted by Crippen LogP contribution is -2.33. The summed E-state index contributed by atoms with van der Waals surface area (Å²) in [6.45, 7) is 1.53. The van der Waals surface area contributed by atoms with Crippen LogP contribution in [0.4, 0.5) is 17.6 Å². The number of rotatable bonds is 7. The highest BCUT2D eigenvalue weighted by Crippen LogP contribution is 2.26. The summed E-state index contributed by atoms with van der Waals surface area (Å²) in [5.74, 6) is -7.20. The summed E-state index contributed by atoms with van der Waals surface area (Å²) in [6.07, 6.45) is 1.23. The van der Waals surface area contributed by atoms with Gasteiger partial charge in [-0.1, -0.05) is 0 Å². The van der Waals surface area contributed by atoms with Gasteiger partial charge in [0.15, 0.2) is 17.4 Å². The number of aliphatic hydroxyl groups is 1. The van der Waals surface area contributed by atoms with E-state index in [-0.39, 0.29) is 19.2 Å². The topological polar surface area (TPSA) is 55.5 Å². The van der Waals surface area contributed by atoms with Crippen LogP contribution in [0.3, 0.4) is 0 Å². The Bertz CT molecular complexity index is 440. The summed E-state index contributed by atoms with van der Waals surface area (Å²) in [7, 11) is 0. The second kappa shape index (κ2) is 6.90. The van der Waals surface area contributed by atoms with Crippen molar-refractivity contribution in [3.63, 3.8) is 0 Å². The van der Waals surface area contributed by atoms with Gasteiger partial charge in [-0.25, -0.2) is 8.78 Å². The third-order valence-corrected chi connectivity index (χ3v) is 2.87. The first-order valence-corrected chi connectivity index (χ1v) is 6.17. The summed E-state index contributed by atoms with van der Waals surface area (Å²) >= 11 is 0. The lowest BCUT2D eigenvalue weighted by molar-refractivity contribution is 0.0561. The fraction of sp³-hybridized carbons (Fsp3) is 0.538. The Labute approximate surface area is 114 Å². The average Bonchev–Trinajstić information content (AvgIpc) is 2.39. The van der Waals surface area contributed by atoms with Gasteiger partial charge in [-0.15, -0.1) is 0 Å². The highest BCUT2D eigenvalue weighted by Gasteiger charge is 2.21. The van der Waals surface area contributed by atoms with Crippen molar-refractivity contribution in [2.75, 3.05) is 13.2 Å². The van der Waals surface area contributed by atoms with Gasteiger partial charge in [0, 0.05) is 12.6 Å². The molecule has 0 aromatic heterocycles. The minimum absolute atomic E-state index is 0.0895. The summed E-state index contributed by atoms with van der Waals surface area (Å²) in [6, 6.07) is 0.121. The van der Waals surface area contributed by atoms with E-state index >= 15 is 0 Å². The lowest BCUT2D eigenvalue weighted by atomic mass is 10.00. The maximum atomic E-state index is 13.2. The van der Waals surface area contributed by atoms with Crippen LogP contribution in [0.1, 0.15) is 26.2 Å². The first-order chi connectivity index (χ1) is 9.28. The predicted molar refractivity (Wildman–Crippen MR) is 65.3 cm³/mol. The van der Waals surface area contributed by atoms with E-state index in [9.17, 15) is 22.7 Å². The molecule has 114 valence electrons. The van der Waals surface area contributed by atoms with E-state index in [0.29, 0.717) is 19.3 Å². The maximum absolute atomic E-state index is 13.2. The van der Waals surface area contributed by atoms with Crippen LogP contribution in [-0.2, 0) is 0 Å². The van der Waals surface area contributed by atoms with E-state index in [2.05, 4.69) is 0 Å². The molecule has 1 atom stereocenters. The summed E-state index contributed by atoms with van der Waals surface area (Å²) < 4.78 is 57.0. The fourth-order valence-corrected chi connectivity index (χ4v) is 1.56. The molecular formula is C13H17F4NO2. The SMILES string of the molecule is CC(O)(CN)CCCCOc1c(F)c(F)cc(F)c1F. The van der Waals surface area contributed by atoms with Gasteiger partial charge in [0.2, 0.25) is 11.6 Å². The molecule has 0 saturated heterocycles. The smallest absolute Gasteiger partial charge is 0.203 e. The van der Waals surface area contributed by atoms with Gasteiger partial charge in [-0.2, -0.15) is 8.78 Å². The third kappa shape index (κ3) is 4.35. The van der Waals surface area contributed by atoms with Gasteiger partial charge < -0.3 is 15.6 Å². The number of ether oxygens (including phenoxy) is 1. The van der Waals surface area contributed by atoms with E-state index in [1.54, 1.807) is 6.92 Å². The molecule has 1 rings (SSSR count). The molecule has 0 aliphatic heterocycles. The molecule has 0 radical (unpaired) electrons. The zero-order valence-electron chi connectivity index (χ0n) is 11.1. The fourth-order valence-electron chi connectivity index (χ4n) is 1.56. The Morgan fingerprint density at radius 2 is 1.70 bits per heavy atom. The summed E-state index contributed by atoms with van der Waals surface area (Å²) in [4.78, 5) is 0. The summed E-state index contributed by atoms with van der Waals surface area (Å²) in [5.41, 5.74) is 4.31. The van der Waals surface area contributed by atoms with Crippen molar-refractivity contribution >= 4 is 0 Å². The van der Waals surface area contributed by atoms with Crippen LogP contribution in [0.15, 0.2) is 6.07 Å². The number of halogens is 4. The molecule has 1 aromatic carbocycles. The highest BCUT2D eigenvalue weighted by molar-refractivity contribution is 5.28. The number of unbranched alkanes of at least 4 members (excludes halogenated alkanes) is 1. The minimum atomic E-state index is -1.56. The molecule has 7 heteroatoms. The van der Waals surface area contributed by atoms with Crippen molar-refractivity contribution in [2.24, 2.45) is 5.73 Å². The number of benzene rings is 1. The van der Waals surface area contributed by atoms with Crippen molar-refractivity contribution in [3.8, 4) is 5.75 Å². The predicted octanol–water partition coefficient (Wildman–Crippen LogP) is 2.50.